The molecule has 0 saturated carbocycles. The fourth-order valence-electron chi connectivity index (χ4n) is 3.35. The molecule has 0 aliphatic carbocycles. The van der Waals surface area contributed by atoms with Gasteiger partial charge in [-0.1, -0.05) is 24.3 Å². The largest absolute Gasteiger partial charge is 0.309 e. The van der Waals surface area contributed by atoms with Crippen LogP contribution in [0.5, 0.6) is 0 Å². The van der Waals surface area contributed by atoms with Gasteiger partial charge in [-0.3, -0.25) is 0 Å². The number of nitrogens with zero attached hydrogens (tertiary/aromatic N) is 1. The summed E-state index contributed by atoms with van der Waals surface area (Å²) in [5.74, 6) is -0.215. The number of aryl methyl sites for hydroxylation is 2. The number of aromatic nitrogens is 1. The molecule has 118 valence electrons. The van der Waals surface area contributed by atoms with Gasteiger partial charge in [0.2, 0.25) is 0 Å². The molecule has 1 aromatic heterocycles. The number of benzene rings is 3. The van der Waals surface area contributed by atoms with Crippen molar-refractivity contribution in [1.29, 1.82) is 0 Å². The van der Waals surface area contributed by atoms with Crippen LogP contribution < -0.4 is 0 Å². The summed E-state index contributed by atoms with van der Waals surface area (Å²) in [5, 5.41) is 1.18. The summed E-state index contributed by atoms with van der Waals surface area (Å²) in [5.41, 5.74) is 6.82. The van der Waals surface area contributed by atoms with Gasteiger partial charge in [-0.15, -0.1) is 0 Å². The van der Waals surface area contributed by atoms with Crippen LogP contribution in [0, 0.1) is 19.7 Å². The van der Waals surface area contributed by atoms with Crippen LogP contribution in [0.4, 0.5) is 4.39 Å². The second-order valence-corrected chi connectivity index (χ2v) is 6.28. The predicted molar refractivity (Wildman–Crippen MR) is 98.1 cm³/mol. The Kier molecular flexibility index (Phi) is 3.46. The Labute approximate surface area is 141 Å². The second kappa shape index (κ2) is 5.64. The summed E-state index contributed by atoms with van der Waals surface area (Å²) in [6.45, 7) is 4.22. The minimum Gasteiger partial charge on any atom is -0.309 e. The molecule has 0 saturated heterocycles. The molecule has 4 rings (SSSR count). The van der Waals surface area contributed by atoms with Crippen LogP contribution in [-0.4, -0.2) is 4.57 Å². The molecule has 24 heavy (non-hydrogen) atoms. The van der Waals surface area contributed by atoms with E-state index < -0.39 is 0 Å². The summed E-state index contributed by atoms with van der Waals surface area (Å²) in [6.07, 6.45) is 0. The average Bonchev–Trinajstić information content (AvgIpc) is 2.94. The Morgan fingerprint density at radius 2 is 1.42 bits per heavy atom. The number of halogens is 1. The Balaban J connectivity index is 2.05. The zero-order valence-electron chi connectivity index (χ0n) is 13.8. The molecular weight excluding hydrogens is 297 g/mol. The van der Waals surface area contributed by atoms with Crippen LogP contribution in [0.15, 0.2) is 72.8 Å². The quantitative estimate of drug-likeness (QED) is 0.424. The van der Waals surface area contributed by atoms with Crippen molar-refractivity contribution in [1.82, 2.24) is 4.57 Å². The highest BCUT2D eigenvalue weighted by Gasteiger charge is 2.12. The number of para-hydroxylation sites is 1. The van der Waals surface area contributed by atoms with Gasteiger partial charge in [-0.05, 0) is 79.1 Å². The Morgan fingerprint density at radius 1 is 0.750 bits per heavy atom. The van der Waals surface area contributed by atoms with E-state index in [9.17, 15) is 4.39 Å². The first-order valence-electron chi connectivity index (χ1n) is 8.07. The van der Waals surface area contributed by atoms with Gasteiger partial charge in [-0.2, -0.15) is 0 Å². The molecule has 0 radical (unpaired) electrons. The smallest absolute Gasteiger partial charge is 0.123 e. The summed E-state index contributed by atoms with van der Waals surface area (Å²) in [6, 6.07) is 23.7. The third-order valence-electron chi connectivity index (χ3n) is 4.32. The van der Waals surface area contributed by atoms with Crippen LogP contribution >= 0.6 is 0 Å². The molecule has 0 spiro atoms. The van der Waals surface area contributed by atoms with Gasteiger partial charge < -0.3 is 4.57 Å². The van der Waals surface area contributed by atoms with Gasteiger partial charge in [0.1, 0.15) is 5.82 Å². The summed E-state index contributed by atoms with van der Waals surface area (Å²) < 4.78 is 15.6. The number of hydrogen-bond donors (Lipinski definition) is 0. The van der Waals surface area contributed by atoms with E-state index in [1.807, 2.05) is 18.2 Å². The molecule has 2 heteroatoms. The van der Waals surface area contributed by atoms with E-state index >= 15 is 0 Å². The van der Waals surface area contributed by atoms with E-state index in [1.165, 1.54) is 28.6 Å². The van der Waals surface area contributed by atoms with Gasteiger partial charge in [0.25, 0.3) is 0 Å². The minimum atomic E-state index is -0.215. The van der Waals surface area contributed by atoms with Crippen LogP contribution in [0.25, 0.3) is 27.8 Å². The predicted octanol–water partition coefficient (Wildman–Crippen LogP) is 6.05. The van der Waals surface area contributed by atoms with E-state index in [0.29, 0.717) is 0 Å². The third kappa shape index (κ3) is 2.50. The van der Waals surface area contributed by atoms with E-state index in [0.717, 1.165) is 22.5 Å². The summed E-state index contributed by atoms with van der Waals surface area (Å²) in [4.78, 5) is 0. The third-order valence-corrected chi connectivity index (χ3v) is 4.32. The highest BCUT2D eigenvalue weighted by Crippen LogP contribution is 2.32. The van der Waals surface area contributed by atoms with Gasteiger partial charge in [0, 0.05) is 11.1 Å². The molecule has 0 amide bonds. The second-order valence-electron chi connectivity index (χ2n) is 6.28. The number of rotatable bonds is 2. The SMILES string of the molecule is Cc1cc(C)cc(-n2c(-c3ccc(F)cc3)cc3ccccc32)c1. The van der Waals surface area contributed by atoms with Crippen molar-refractivity contribution in [3.63, 3.8) is 0 Å². The fourth-order valence-corrected chi connectivity index (χ4v) is 3.35. The van der Waals surface area contributed by atoms with Crippen molar-refractivity contribution >= 4 is 10.9 Å². The maximum absolute atomic E-state index is 13.3. The lowest BCUT2D eigenvalue weighted by Crippen LogP contribution is -1.98. The monoisotopic (exact) mass is 315 g/mol. The zero-order chi connectivity index (χ0) is 16.7. The van der Waals surface area contributed by atoms with E-state index in [1.54, 1.807) is 0 Å². The average molecular weight is 315 g/mol. The Bertz CT molecular complexity index is 1010. The van der Waals surface area contributed by atoms with Crippen LogP contribution in [0.1, 0.15) is 11.1 Å². The summed E-state index contributed by atoms with van der Waals surface area (Å²) >= 11 is 0. The van der Waals surface area contributed by atoms with Crippen LogP contribution in [-0.2, 0) is 0 Å². The van der Waals surface area contributed by atoms with E-state index in [4.69, 9.17) is 0 Å². The van der Waals surface area contributed by atoms with Gasteiger partial charge >= 0.3 is 0 Å². The lowest BCUT2D eigenvalue weighted by molar-refractivity contribution is 0.628. The number of hydrogen-bond acceptors (Lipinski definition) is 0. The van der Waals surface area contributed by atoms with Crippen molar-refractivity contribution in [2.24, 2.45) is 0 Å². The highest BCUT2D eigenvalue weighted by molar-refractivity contribution is 5.89. The fraction of sp³-hybridized carbons (Fsp3) is 0.0909. The molecular formula is C22H18FN. The van der Waals surface area contributed by atoms with Gasteiger partial charge in [0.05, 0.1) is 11.2 Å². The molecule has 4 aromatic rings. The Morgan fingerprint density at radius 3 is 2.12 bits per heavy atom. The molecule has 0 aliphatic heterocycles. The lowest BCUT2D eigenvalue weighted by atomic mass is 10.1. The molecule has 3 aromatic carbocycles. The molecule has 1 nitrogen and oxygen atoms in total. The molecule has 0 N–H and O–H groups in total. The first-order chi connectivity index (χ1) is 11.6. The van der Waals surface area contributed by atoms with Crippen molar-refractivity contribution in [2.45, 2.75) is 13.8 Å². The molecule has 1 heterocycles. The lowest BCUT2D eigenvalue weighted by Gasteiger charge is -2.13. The Hall–Kier alpha value is -2.87. The minimum absolute atomic E-state index is 0.215. The molecule has 0 aliphatic rings. The standard InChI is InChI=1S/C22H18FN/c1-15-11-16(2)13-20(12-15)24-21-6-4-3-5-18(21)14-22(24)17-7-9-19(23)10-8-17/h3-14H,1-2H3. The maximum atomic E-state index is 13.3. The van der Waals surface area contributed by atoms with Crippen molar-refractivity contribution in [3.05, 3.63) is 89.7 Å². The van der Waals surface area contributed by atoms with E-state index in [2.05, 4.69) is 60.9 Å². The number of fused-ring (bicyclic) bond motifs is 1. The summed E-state index contributed by atoms with van der Waals surface area (Å²) in [7, 11) is 0. The molecule has 0 bridgehead atoms. The first-order valence-corrected chi connectivity index (χ1v) is 8.07. The molecule has 0 fully saturated rings. The highest BCUT2D eigenvalue weighted by atomic mass is 19.1. The normalized spacial score (nSPS) is 11.1. The topological polar surface area (TPSA) is 4.93 Å². The van der Waals surface area contributed by atoms with Gasteiger partial charge in [0.15, 0.2) is 0 Å². The van der Waals surface area contributed by atoms with Crippen molar-refractivity contribution in [2.75, 3.05) is 0 Å². The molecule has 0 atom stereocenters. The van der Waals surface area contributed by atoms with Crippen LogP contribution in [0.2, 0.25) is 0 Å². The first kappa shape index (κ1) is 14.7. The molecule has 0 unspecified atom stereocenters. The van der Waals surface area contributed by atoms with Crippen molar-refractivity contribution < 1.29 is 4.39 Å². The zero-order valence-corrected chi connectivity index (χ0v) is 13.8. The van der Waals surface area contributed by atoms with E-state index in [-0.39, 0.29) is 5.82 Å². The van der Waals surface area contributed by atoms with Crippen molar-refractivity contribution in [3.8, 4) is 16.9 Å². The van der Waals surface area contributed by atoms with Crippen LogP contribution in [0.3, 0.4) is 0 Å². The maximum Gasteiger partial charge on any atom is 0.123 e. The van der Waals surface area contributed by atoms with Gasteiger partial charge in [-0.25, -0.2) is 4.39 Å².